The van der Waals surface area contributed by atoms with Crippen LogP contribution >= 0.6 is 0 Å². The summed E-state index contributed by atoms with van der Waals surface area (Å²) < 4.78 is 25.5. The summed E-state index contributed by atoms with van der Waals surface area (Å²) in [5, 5.41) is 12.3. The maximum atomic E-state index is 12.6. The number of aromatic nitrogens is 2. The van der Waals surface area contributed by atoms with Crippen molar-refractivity contribution in [3.05, 3.63) is 66.0 Å². The summed E-state index contributed by atoms with van der Waals surface area (Å²) in [6.45, 7) is 1.84. The summed E-state index contributed by atoms with van der Waals surface area (Å²) >= 11 is 0. The van der Waals surface area contributed by atoms with Crippen LogP contribution in [0, 0.1) is 0 Å². The molecule has 1 aliphatic rings. The van der Waals surface area contributed by atoms with Gasteiger partial charge in [-0.15, -0.1) is 0 Å². The fourth-order valence-electron chi connectivity index (χ4n) is 3.64. The second kappa shape index (κ2) is 7.42. The topological polar surface area (TPSA) is 112 Å². The Labute approximate surface area is 174 Å². The van der Waals surface area contributed by atoms with E-state index in [-0.39, 0.29) is 17.7 Å². The number of fused-ring (bicyclic) bond motifs is 1. The molecule has 4 rings (SSSR count). The lowest BCUT2D eigenvalue weighted by atomic mass is 10.1. The van der Waals surface area contributed by atoms with Crippen LogP contribution in [0.15, 0.2) is 54.9 Å². The van der Waals surface area contributed by atoms with Crippen molar-refractivity contribution in [2.45, 2.75) is 19.4 Å². The Bertz CT molecular complexity index is 1230. The molecule has 0 spiro atoms. The first kappa shape index (κ1) is 19.8. The van der Waals surface area contributed by atoms with Crippen molar-refractivity contribution in [1.29, 1.82) is 0 Å². The number of carbonyl (C=O) groups excluding carboxylic acids is 1. The minimum Gasteiger partial charge on any atom is -0.508 e. The normalized spacial score (nSPS) is 15.7. The Morgan fingerprint density at radius 3 is 2.57 bits per heavy atom. The molecule has 0 aliphatic carbocycles. The molecule has 0 fully saturated rings. The highest BCUT2D eigenvalue weighted by molar-refractivity contribution is 7.92. The molecule has 0 saturated carbocycles. The summed E-state index contributed by atoms with van der Waals surface area (Å²) in [6.07, 6.45) is 4.71. The van der Waals surface area contributed by atoms with Crippen molar-refractivity contribution < 1.29 is 18.3 Å². The van der Waals surface area contributed by atoms with Gasteiger partial charge < -0.3 is 10.4 Å². The number of amides is 1. The molecule has 2 aromatic carbocycles. The van der Waals surface area contributed by atoms with Crippen LogP contribution in [0.2, 0.25) is 0 Å². The molecule has 1 aliphatic heterocycles. The summed E-state index contributed by atoms with van der Waals surface area (Å²) in [5.74, 6) is 0.210. The Morgan fingerprint density at radius 1 is 1.17 bits per heavy atom. The maximum absolute atomic E-state index is 12.6. The van der Waals surface area contributed by atoms with E-state index in [1.54, 1.807) is 42.5 Å². The van der Waals surface area contributed by atoms with Gasteiger partial charge in [-0.05, 0) is 49.2 Å². The number of aromatic hydroxyl groups is 1. The molecule has 1 amide bonds. The Balaban J connectivity index is 1.52. The van der Waals surface area contributed by atoms with Crippen molar-refractivity contribution in [2.75, 3.05) is 15.9 Å². The Hall–Kier alpha value is -3.46. The molecule has 9 heteroatoms. The Kier molecular flexibility index (Phi) is 4.90. The quantitative estimate of drug-likeness (QED) is 0.666. The summed E-state index contributed by atoms with van der Waals surface area (Å²) in [7, 11) is -3.38. The van der Waals surface area contributed by atoms with Gasteiger partial charge in [-0.25, -0.2) is 18.4 Å². The molecule has 0 saturated heterocycles. The zero-order valence-corrected chi connectivity index (χ0v) is 17.2. The minimum absolute atomic E-state index is 0.119. The van der Waals surface area contributed by atoms with Crippen molar-refractivity contribution in [1.82, 2.24) is 9.97 Å². The molecule has 8 nitrogen and oxygen atoms in total. The fourth-order valence-corrected chi connectivity index (χ4v) is 4.90. The number of rotatable bonds is 4. The van der Waals surface area contributed by atoms with Gasteiger partial charge in [-0.2, -0.15) is 0 Å². The van der Waals surface area contributed by atoms with E-state index >= 15 is 0 Å². The summed E-state index contributed by atoms with van der Waals surface area (Å²) in [6, 6.07) is 11.4. The van der Waals surface area contributed by atoms with E-state index in [2.05, 4.69) is 15.3 Å². The van der Waals surface area contributed by atoms with Crippen LogP contribution in [0.3, 0.4) is 0 Å². The van der Waals surface area contributed by atoms with Gasteiger partial charge in [-0.1, -0.05) is 12.1 Å². The lowest BCUT2D eigenvalue weighted by Gasteiger charge is -2.21. The molecule has 1 unspecified atom stereocenters. The summed E-state index contributed by atoms with van der Waals surface area (Å²) in [4.78, 5) is 21.1. The molecule has 30 heavy (non-hydrogen) atoms. The van der Waals surface area contributed by atoms with Gasteiger partial charge in [0.05, 0.1) is 30.0 Å². The average molecular weight is 424 g/mol. The van der Waals surface area contributed by atoms with Crippen LogP contribution in [-0.2, 0) is 16.4 Å². The van der Waals surface area contributed by atoms with Crippen molar-refractivity contribution >= 4 is 27.3 Å². The molecule has 3 aromatic rings. The third kappa shape index (κ3) is 3.84. The van der Waals surface area contributed by atoms with Crippen molar-refractivity contribution in [3.8, 4) is 17.1 Å². The molecule has 0 radical (unpaired) electrons. The zero-order chi connectivity index (χ0) is 21.5. The first-order valence-corrected chi connectivity index (χ1v) is 11.1. The van der Waals surface area contributed by atoms with Gasteiger partial charge in [0.15, 0.2) is 5.82 Å². The van der Waals surface area contributed by atoms with E-state index in [0.717, 1.165) is 5.56 Å². The van der Waals surface area contributed by atoms with Crippen LogP contribution in [0.4, 0.5) is 11.4 Å². The van der Waals surface area contributed by atoms with Crippen LogP contribution < -0.4 is 9.62 Å². The first-order valence-electron chi connectivity index (χ1n) is 9.27. The number of phenols is 1. The van der Waals surface area contributed by atoms with Crippen LogP contribution in [0.25, 0.3) is 11.4 Å². The number of carbonyl (C=O) groups is 1. The number of hydrogen-bond donors (Lipinski definition) is 2. The molecule has 154 valence electrons. The van der Waals surface area contributed by atoms with Crippen molar-refractivity contribution in [2.24, 2.45) is 0 Å². The van der Waals surface area contributed by atoms with Crippen LogP contribution in [-0.4, -0.2) is 41.7 Å². The highest BCUT2D eigenvalue weighted by Crippen LogP contribution is 2.34. The predicted octanol–water partition coefficient (Wildman–Crippen LogP) is 2.81. The molecule has 2 N–H and O–H groups in total. The second-order valence-electron chi connectivity index (χ2n) is 7.26. The van der Waals surface area contributed by atoms with Gasteiger partial charge in [0, 0.05) is 17.2 Å². The minimum atomic E-state index is -3.38. The van der Waals surface area contributed by atoms with Gasteiger partial charge >= 0.3 is 0 Å². The molecule has 2 heterocycles. The average Bonchev–Trinajstić information content (AvgIpc) is 3.03. The monoisotopic (exact) mass is 424 g/mol. The maximum Gasteiger partial charge on any atom is 0.255 e. The molecule has 0 bridgehead atoms. The van der Waals surface area contributed by atoms with E-state index < -0.39 is 10.0 Å². The number of anilines is 2. The van der Waals surface area contributed by atoms with Gasteiger partial charge in [0.25, 0.3) is 5.91 Å². The third-order valence-corrected chi connectivity index (χ3v) is 6.14. The van der Waals surface area contributed by atoms with E-state index in [4.69, 9.17) is 0 Å². The predicted molar refractivity (Wildman–Crippen MR) is 114 cm³/mol. The molecular weight excluding hydrogens is 404 g/mol. The first-order chi connectivity index (χ1) is 14.2. The molecule has 1 atom stereocenters. The van der Waals surface area contributed by atoms with E-state index in [1.807, 2.05) is 6.92 Å². The third-order valence-electron chi connectivity index (χ3n) is 4.87. The summed E-state index contributed by atoms with van der Waals surface area (Å²) in [5.41, 5.74) is 2.94. The van der Waals surface area contributed by atoms with E-state index in [9.17, 15) is 18.3 Å². The highest BCUT2D eigenvalue weighted by atomic mass is 32.2. The van der Waals surface area contributed by atoms with E-state index in [0.29, 0.717) is 34.7 Å². The largest absolute Gasteiger partial charge is 0.508 e. The highest BCUT2D eigenvalue weighted by Gasteiger charge is 2.32. The van der Waals surface area contributed by atoms with Gasteiger partial charge in [-0.3, -0.25) is 9.10 Å². The van der Waals surface area contributed by atoms with Gasteiger partial charge in [0.1, 0.15) is 5.75 Å². The van der Waals surface area contributed by atoms with Gasteiger partial charge in [0.2, 0.25) is 10.0 Å². The lowest BCUT2D eigenvalue weighted by Crippen LogP contribution is -2.34. The number of nitrogens with zero attached hydrogens (tertiary/aromatic N) is 3. The van der Waals surface area contributed by atoms with Crippen LogP contribution in [0.5, 0.6) is 5.75 Å². The number of benzene rings is 2. The number of sulfonamides is 1. The van der Waals surface area contributed by atoms with Crippen molar-refractivity contribution in [3.63, 3.8) is 0 Å². The number of nitrogens with one attached hydrogen (secondary N) is 1. The zero-order valence-electron chi connectivity index (χ0n) is 16.4. The van der Waals surface area contributed by atoms with E-state index in [1.165, 1.54) is 23.0 Å². The number of phenolic OH excluding ortho intramolecular Hbond substituents is 1. The smallest absolute Gasteiger partial charge is 0.255 e. The van der Waals surface area contributed by atoms with Crippen LogP contribution in [0.1, 0.15) is 22.8 Å². The Morgan fingerprint density at radius 2 is 1.90 bits per heavy atom. The number of hydrogen-bond acceptors (Lipinski definition) is 6. The standard InChI is InChI=1S/C21H20N4O4S/c1-13-8-16-9-15(6-7-19(16)25(13)30(2,28)29)21(27)24-17-11-22-20(23-12-17)14-4-3-5-18(26)10-14/h3-7,9-13,26H,8H2,1-2H3,(H,24,27). The SMILES string of the molecule is CC1Cc2cc(C(=O)Nc3cnc(-c4cccc(O)c4)nc3)ccc2N1S(C)(=O)=O. The molecular formula is C21H20N4O4S. The second-order valence-corrected chi connectivity index (χ2v) is 9.11. The molecule has 1 aromatic heterocycles. The fraction of sp³-hybridized carbons (Fsp3) is 0.190. The lowest BCUT2D eigenvalue weighted by molar-refractivity contribution is 0.102.